The molecule has 0 radical (unpaired) electrons. The molecule has 1 aliphatic carbocycles. The van der Waals surface area contributed by atoms with Crippen molar-refractivity contribution in [3.05, 3.63) is 89.0 Å². The molecule has 1 N–H and O–H groups in total. The molecule has 2 amide bonds. The fraction of sp³-hybridized carbons (Fsp3) is 0.240. The van der Waals surface area contributed by atoms with E-state index in [9.17, 15) is 13.6 Å². The molecule has 0 unspecified atom stereocenters. The Hall–Kier alpha value is -3.61. The number of nitrogens with zero attached hydrogens (tertiary/aromatic N) is 1. The van der Waals surface area contributed by atoms with Crippen molar-refractivity contribution in [3.8, 4) is 11.5 Å². The number of benzene rings is 3. The van der Waals surface area contributed by atoms with Crippen LogP contribution < -0.4 is 19.7 Å². The molecule has 166 valence electrons. The van der Waals surface area contributed by atoms with Crippen molar-refractivity contribution in [2.45, 2.75) is 25.4 Å². The Kier molecular flexibility index (Phi) is 6.25. The number of carbonyl (C=O) groups is 1. The van der Waals surface area contributed by atoms with Crippen LogP contribution in [0.3, 0.4) is 0 Å². The van der Waals surface area contributed by atoms with Gasteiger partial charge in [0.2, 0.25) is 0 Å². The number of rotatable bonds is 6. The summed E-state index contributed by atoms with van der Waals surface area (Å²) in [5, 5.41) is 2.87. The van der Waals surface area contributed by atoms with Gasteiger partial charge in [0.25, 0.3) is 0 Å². The van der Waals surface area contributed by atoms with E-state index in [1.165, 1.54) is 11.0 Å². The number of ether oxygens (including phenoxy) is 2. The number of fused-ring (bicyclic) bond motifs is 1. The summed E-state index contributed by atoms with van der Waals surface area (Å²) in [6.45, 7) is 0.292. The topological polar surface area (TPSA) is 50.8 Å². The zero-order valence-corrected chi connectivity index (χ0v) is 17.9. The Morgan fingerprint density at radius 3 is 2.16 bits per heavy atom. The molecular formula is C25H24F2N2O3. The Labute approximate surface area is 185 Å². The molecule has 0 heterocycles. The molecule has 5 nitrogen and oxygen atoms in total. The van der Waals surface area contributed by atoms with E-state index in [1.807, 2.05) is 42.5 Å². The van der Waals surface area contributed by atoms with Crippen LogP contribution >= 0.6 is 0 Å². The van der Waals surface area contributed by atoms with Gasteiger partial charge in [0.05, 0.1) is 19.9 Å². The van der Waals surface area contributed by atoms with Gasteiger partial charge in [0, 0.05) is 18.7 Å². The number of methoxy groups -OCH3 is 2. The van der Waals surface area contributed by atoms with Crippen LogP contribution in [0.25, 0.3) is 0 Å². The summed E-state index contributed by atoms with van der Waals surface area (Å²) in [7, 11) is 3.13. The molecule has 0 fully saturated rings. The van der Waals surface area contributed by atoms with Gasteiger partial charge in [-0.2, -0.15) is 0 Å². The zero-order chi connectivity index (χ0) is 22.7. The van der Waals surface area contributed by atoms with Crippen LogP contribution in [0.5, 0.6) is 11.5 Å². The minimum Gasteiger partial charge on any atom is -0.493 e. The van der Waals surface area contributed by atoms with Gasteiger partial charge >= 0.3 is 6.03 Å². The second-order valence-corrected chi connectivity index (χ2v) is 7.65. The van der Waals surface area contributed by atoms with Crippen molar-refractivity contribution in [1.82, 2.24) is 5.32 Å². The van der Waals surface area contributed by atoms with Crippen molar-refractivity contribution in [2.24, 2.45) is 0 Å². The predicted octanol–water partition coefficient (Wildman–Crippen LogP) is 4.87. The molecule has 3 aromatic rings. The lowest BCUT2D eigenvalue weighted by molar-refractivity contribution is 0.243. The number of hydrogen-bond donors (Lipinski definition) is 1. The molecule has 0 aliphatic heterocycles. The lowest BCUT2D eigenvalue weighted by atomic mass is 10.1. The number of urea groups is 1. The molecule has 0 bridgehead atoms. The molecular weight excluding hydrogens is 414 g/mol. The number of anilines is 1. The third-order valence-corrected chi connectivity index (χ3v) is 5.66. The van der Waals surface area contributed by atoms with Gasteiger partial charge in [-0.05, 0) is 53.8 Å². The Balaban J connectivity index is 1.64. The number of nitrogens with one attached hydrogen (secondary N) is 1. The molecule has 32 heavy (non-hydrogen) atoms. The summed E-state index contributed by atoms with van der Waals surface area (Å²) < 4.78 is 39.1. The van der Waals surface area contributed by atoms with E-state index in [-0.39, 0.29) is 11.7 Å². The molecule has 0 atom stereocenters. The Morgan fingerprint density at radius 1 is 0.969 bits per heavy atom. The van der Waals surface area contributed by atoms with E-state index >= 15 is 0 Å². The lowest BCUT2D eigenvalue weighted by Gasteiger charge is -2.29. The van der Waals surface area contributed by atoms with Crippen LogP contribution in [-0.4, -0.2) is 26.3 Å². The van der Waals surface area contributed by atoms with Gasteiger partial charge < -0.3 is 14.8 Å². The van der Waals surface area contributed by atoms with Gasteiger partial charge in [-0.15, -0.1) is 0 Å². The number of hydrogen-bond acceptors (Lipinski definition) is 3. The molecule has 3 aromatic carbocycles. The summed E-state index contributed by atoms with van der Waals surface area (Å²) in [6, 6.07) is 15.7. The monoisotopic (exact) mass is 438 g/mol. The minimum atomic E-state index is -0.786. The summed E-state index contributed by atoms with van der Waals surface area (Å²) in [4.78, 5) is 14.6. The van der Waals surface area contributed by atoms with Crippen molar-refractivity contribution < 1.29 is 23.0 Å². The van der Waals surface area contributed by atoms with Crippen molar-refractivity contribution >= 4 is 11.7 Å². The van der Waals surface area contributed by atoms with Crippen LogP contribution in [0, 0.1) is 11.6 Å². The van der Waals surface area contributed by atoms with Crippen LogP contribution in [0.4, 0.5) is 19.3 Å². The average molecular weight is 438 g/mol. The number of halogens is 2. The van der Waals surface area contributed by atoms with E-state index in [0.717, 1.165) is 28.8 Å². The highest BCUT2D eigenvalue weighted by atomic mass is 19.1. The maximum Gasteiger partial charge on any atom is 0.322 e. The molecule has 0 spiro atoms. The van der Waals surface area contributed by atoms with Gasteiger partial charge in [-0.25, -0.2) is 13.6 Å². The summed E-state index contributed by atoms with van der Waals surface area (Å²) in [6.07, 6.45) is 1.01. The van der Waals surface area contributed by atoms with Gasteiger partial charge in [-0.3, -0.25) is 4.90 Å². The van der Waals surface area contributed by atoms with E-state index in [1.54, 1.807) is 14.2 Å². The van der Waals surface area contributed by atoms with Crippen molar-refractivity contribution in [3.63, 3.8) is 0 Å². The largest absolute Gasteiger partial charge is 0.493 e. The van der Waals surface area contributed by atoms with Crippen molar-refractivity contribution in [1.29, 1.82) is 0 Å². The van der Waals surface area contributed by atoms with Gasteiger partial charge in [-0.1, -0.05) is 30.3 Å². The number of amides is 2. The highest BCUT2D eigenvalue weighted by Crippen LogP contribution is 2.37. The van der Waals surface area contributed by atoms with E-state index in [4.69, 9.17) is 9.47 Å². The third-order valence-electron chi connectivity index (χ3n) is 5.66. The van der Waals surface area contributed by atoms with Gasteiger partial charge in [0.15, 0.2) is 11.5 Å². The van der Waals surface area contributed by atoms with Crippen LogP contribution in [0.1, 0.15) is 16.7 Å². The van der Waals surface area contributed by atoms with Crippen LogP contribution in [-0.2, 0) is 19.4 Å². The van der Waals surface area contributed by atoms with Crippen molar-refractivity contribution in [2.75, 3.05) is 19.1 Å². The fourth-order valence-electron chi connectivity index (χ4n) is 4.11. The standard InChI is InChI=1S/C25H24F2N2O3/c1-31-23-12-17-10-20(11-18(17)13-24(23)32-2)29(22-9-8-19(26)14-21(22)27)25(30)28-15-16-6-4-3-5-7-16/h3-9,12-14,20H,10-11,15H2,1-2H3,(H,28,30). The number of carbonyl (C=O) groups excluding carboxylic acids is 1. The average Bonchev–Trinajstić information content (AvgIpc) is 3.21. The third kappa shape index (κ3) is 4.37. The molecule has 0 saturated carbocycles. The summed E-state index contributed by atoms with van der Waals surface area (Å²) >= 11 is 0. The second kappa shape index (κ2) is 9.26. The summed E-state index contributed by atoms with van der Waals surface area (Å²) in [5.74, 6) is -0.286. The normalized spacial score (nSPS) is 12.9. The highest BCUT2D eigenvalue weighted by molar-refractivity contribution is 5.93. The van der Waals surface area contributed by atoms with E-state index in [0.29, 0.717) is 30.9 Å². The first-order valence-electron chi connectivity index (χ1n) is 10.3. The summed E-state index contributed by atoms with van der Waals surface area (Å²) in [5.41, 5.74) is 2.95. The highest BCUT2D eigenvalue weighted by Gasteiger charge is 2.33. The quantitative estimate of drug-likeness (QED) is 0.598. The Bertz CT molecular complexity index is 1090. The first kappa shape index (κ1) is 21.6. The lowest BCUT2D eigenvalue weighted by Crippen LogP contribution is -2.47. The van der Waals surface area contributed by atoms with Gasteiger partial charge in [0.1, 0.15) is 11.6 Å². The Morgan fingerprint density at radius 2 is 1.59 bits per heavy atom. The van der Waals surface area contributed by atoms with Crippen LogP contribution in [0.2, 0.25) is 0 Å². The first-order valence-corrected chi connectivity index (χ1v) is 10.3. The van der Waals surface area contributed by atoms with E-state index < -0.39 is 17.7 Å². The molecule has 0 saturated heterocycles. The van der Waals surface area contributed by atoms with E-state index in [2.05, 4.69) is 5.32 Å². The molecule has 7 heteroatoms. The zero-order valence-electron chi connectivity index (χ0n) is 17.9. The maximum atomic E-state index is 14.7. The fourth-order valence-corrected chi connectivity index (χ4v) is 4.11. The first-order chi connectivity index (χ1) is 15.5. The molecule has 1 aliphatic rings. The smallest absolute Gasteiger partial charge is 0.322 e. The second-order valence-electron chi connectivity index (χ2n) is 7.65. The molecule has 0 aromatic heterocycles. The molecule has 4 rings (SSSR count). The van der Waals surface area contributed by atoms with Crippen LogP contribution in [0.15, 0.2) is 60.7 Å². The SMILES string of the molecule is COc1cc2c(cc1OC)CC(N(C(=O)NCc1ccccc1)c1ccc(F)cc1F)C2. The maximum absolute atomic E-state index is 14.7. The minimum absolute atomic E-state index is 0.0358. The predicted molar refractivity (Wildman–Crippen MR) is 118 cm³/mol.